The summed E-state index contributed by atoms with van der Waals surface area (Å²) < 4.78 is 0. The number of hydrogen-bond donors (Lipinski definition) is 0. The Kier molecular flexibility index (Phi) is 8.39. The molecule has 11 heavy (non-hydrogen) atoms. The Hall–Kier alpha value is -0.880. The minimum absolute atomic E-state index is 0.930. The van der Waals surface area contributed by atoms with Crippen molar-refractivity contribution in [2.24, 2.45) is 0 Å². The molecule has 0 heterocycles. The Balaban J connectivity index is 2.90. The Morgan fingerprint density at radius 1 is 1.00 bits per heavy atom. The summed E-state index contributed by atoms with van der Waals surface area (Å²) in [6.45, 7) is 1.89. The lowest BCUT2D eigenvalue weighted by atomic mass is 10.1. The van der Waals surface area contributed by atoms with Crippen molar-refractivity contribution in [3.63, 3.8) is 0 Å². The molecule has 0 saturated carbocycles. The fraction of sp³-hybridized carbons (Fsp3) is 0.636. The van der Waals surface area contributed by atoms with E-state index in [1.165, 1.54) is 25.7 Å². The minimum atomic E-state index is 0.930. The highest BCUT2D eigenvalue weighted by Crippen LogP contribution is 2.03. The van der Waals surface area contributed by atoms with Gasteiger partial charge in [0.15, 0.2) is 0 Å². The Morgan fingerprint density at radius 2 is 1.64 bits per heavy atom. The Bertz CT molecular complexity index is 161. The molecular weight excluding hydrogens is 132 g/mol. The largest absolute Gasteiger partial charge is 0.120 e. The molecule has 0 aliphatic heterocycles. The van der Waals surface area contributed by atoms with Gasteiger partial charge in [0.05, 0.1) is 0 Å². The molecule has 0 N–H and O–H groups in total. The van der Waals surface area contributed by atoms with Gasteiger partial charge in [-0.05, 0) is 19.8 Å². The van der Waals surface area contributed by atoms with Gasteiger partial charge in [0.2, 0.25) is 0 Å². The van der Waals surface area contributed by atoms with Crippen LogP contribution in [0.1, 0.15) is 45.4 Å². The zero-order valence-corrected chi connectivity index (χ0v) is 7.32. The van der Waals surface area contributed by atoms with E-state index in [1.54, 1.807) is 0 Å². The first-order valence-corrected chi connectivity index (χ1v) is 4.25. The van der Waals surface area contributed by atoms with Crippen LogP contribution >= 0.6 is 0 Å². The van der Waals surface area contributed by atoms with Crippen LogP contribution in [0.15, 0.2) is 0 Å². The average molecular weight is 148 g/mol. The van der Waals surface area contributed by atoms with Crippen molar-refractivity contribution >= 4 is 0 Å². The highest BCUT2D eigenvalue weighted by atomic mass is 13.9. The number of unbranched alkanes of at least 4 members (excludes halogenated alkanes) is 5. The molecule has 60 valence electrons. The van der Waals surface area contributed by atoms with Gasteiger partial charge in [-0.15, -0.1) is 24.2 Å². The molecule has 0 radical (unpaired) electrons. The number of terminal acetylenes is 1. The van der Waals surface area contributed by atoms with Gasteiger partial charge in [0, 0.05) is 12.8 Å². The maximum absolute atomic E-state index is 5.12. The second-order valence-corrected chi connectivity index (χ2v) is 2.55. The third kappa shape index (κ3) is 9.12. The minimum Gasteiger partial charge on any atom is -0.120 e. The molecule has 0 spiro atoms. The summed E-state index contributed by atoms with van der Waals surface area (Å²) >= 11 is 0. The lowest BCUT2D eigenvalue weighted by molar-refractivity contribution is 0.661. The van der Waals surface area contributed by atoms with Crippen LogP contribution in [0.2, 0.25) is 0 Å². The van der Waals surface area contributed by atoms with Crippen LogP contribution in [0.5, 0.6) is 0 Å². The molecule has 0 aromatic carbocycles. The third-order valence-corrected chi connectivity index (χ3v) is 1.55. The van der Waals surface area contributed by atoms with Crippen molar-refractivity contribution in [2.45, 2.75) is 45.4 Å². The van der Waals surface area contributed by atoms with Gasteiger partial charge in [-0.1, -0.05) is 12.8 Å². The summed E-state index contributed by atoms with van der Waals surface area (Å²) in [5, 5.41) is 0. The van der Waals surface area contributed by atoms with Crippen LogP contribution in [0.25, 0.3) is 0 Å². The molecular formula is C11H16. The van der Waals surface area contributed by atoms with E-state index in [4.69, 9.17) is 6.42 Å². The topological polar surface area (TPSA) is 0 Å². The number of hydrogen-bond acceptors (Lipinski definition) is 0. The van der Waals surface area contributed by atoms with Crippen molar-refractivity contribution in [3.05, 3.63) is 0 Å². The average Bonchev–Trinajstić information content (AvgIpc) is 2.03. The zero-order chi connectivity index (χ0) is 8.36. The smallest absolute Gasteiger partial charge is 0.00885 e. The van der Waals surface area contributed by atoms with E-state index in [9.17, 15) is 0 Å². The van der Waals surface area contributed by atoms with Crippen LogP contribution in [-0.4, -0.2) is 0 Å². The molecule has 0 atom stereocenters. The summed E-state index contributed by atoms with van der Waals surface area (Å²) in [6.07, 6.45) is 12.0. The molecule has 0 aromatic rings. The molecule has 0 aliphatic carbocycles. The molecule has 0 bridgehead atoms. The van der Waals surface area contributed by atoms with Crippen LogP contribution in [0.4, 0.5) is 0 Å². The monoisotopic (exact) mass is 148 g/mol. The van der Waals surface area contributed by atoms with E-state index in [1.807, 2.05) is 6.92 Å². The molecule has 0 aromatic heterocycles. The van der Waals surface area contributed by atoms with Crippen molar-refractivity contribution < 1.29 is 0 Å². The van der Waals surface area contributed by atoms with E-state index >= 15 is 0 Å². The van der Waals surface area contributed by atoms with E-state index in [0.717, 1.165) is 12.8 Å². The van der Waals surface area contributed by atoms with Gasteiger partial charge in [-0.25, -0.2) is 0 Å². The lowest BCUT2D eigenvalue weighted by Gasteiger charge is -1.93. The first kappa shape index (κ1) is 10.1. The predicted molar refractivity (Wildman–Crippen MR) is 50.0 cm³/mol. The zero-order valence-electron chi connectivity index (χ0n) is 7.32. The van der Waals surface area contributed by atoms with Gasteiger partial charge in [-0.2, -0.15) is 0 Å². The van der Waals surface area contributed by atoms with Crippen molar-refractivity contribution in [2.75, 3.05) is 0 Å². The van der Waals surface area contributed by atoms with Gasteiger partial charge in [0.25, 0.3) is 0 Å². The van der Waals surface area contributed by atoms with Gasteiger partial charge < -0.3 is 0 Å². The first-order valence-electron chi connectivity index (χ1n) is 4.25. The summed E-state index contributed by atoms with van der Waals surface area (Å²) in [4.78, 5) is 0. The van der Waals surface area contributed by atoms with E-state index < -0.39 is 0 Å². The maximum Gasteiger partial charge on any atom is 0.00885 e. The van der Waals surface area contributed by atoms with Crippen molar-refractivity contribution in [1.29, 1.82) is 0 Å². The van der Waals surface area contributed by atoms with Crippen LogP contribution in [0, 0.1) is 24.2 Å². The van der Waals surface area contributed by atoms with Crippen molar-refractivity contribution in [1.82, 2.24) is 0 Å². The fourth-order valence-corrected chi connectivity index (χ4v) is 0.919. The maximum atomic E-state index is 5.12. The Labute approximate surface area is 70.4 Å². The highest BCUT2D eigenvalue weighted by Gasteiger charge is 1.86. The van der Waals surface area contributed by atoms with E-state index in [-0.39, 0.29) is 0 Å². The van der Waals surface area contributed by atoms with Crippen LogP contribution in [-0.2, 0) is 0 Å². The molecule has 0 rings (SSSR count). The van der Waals surface area contributed by atoms with E-state index in [0.29, 0.717) is 0 Å². The first-order chi connectivity index (χ1) is 5.41. The SMILES string of the molecule is C#CCCCCCCC#CC. The summed E-state index contributed by atoms with van der Waals surface area (Å²) in [5.74, 6) is 8.58. The Morgan fingerprint density at radius 3 is 2.18 bits per heavy atom. The molecule has 0 heteroatoms. The summed E-state index contributed by atoms with van der Waals surface area (Å²) in [7, 11) is 0. The summed E-state index contributed by atoms with van der Waals surface area (Å²) in [5.41, 5.74) is 0. The quantitative estimate of drug-likeness (QED) is 0.415. The van der Waals surface area contributed by atoms with Crippen molar-refractivity contribution in [3.8, 4) is 24.2 Å². The molecule has 0 nitrogen and oxygen atoms in total. The normalized spacial score (nSPS) is 8.00. The molecule has 0 amide bonds. The highest BCUT2D eigenvalue weighted by molar-refractivity contribution is 4.94. The van der Waals surface area contributed by atoms with Gasteiger partial charge in [-0.3, -0.25) is 0 Å². The fourth-order valence-electron chi connectivity index (χ4n) is 0.919. The predicted octanol–water partition coefficient (Wildman–Crippen LogP) is 2.98. The standard InChI is InChI=1S/C11H16/c1-3-5-7-9-11-10-8-6-4-2/h1H,5,7-11H2,2H3. The van der Waals surface area contributed by atoms with Gasteiger partial charge >= 0.3 is 0 Å². The van der Waals surface area contributed by atoms with Crippen LogP contribution in [0.3, 0.4) is 0 Å². The second kappa shape index (κ2) is 9.12. The molecule has 0 aliphatic rings. The summed E-state index contributed by atoms with van der Waals surface area (Å²) in [6, 6.07) is 0. The van der Waals surface area contributed by atoms with E-state index in [2.05, 4.69) is 17.8 Å². The lowest BCUT2D eigenvalue weighted by Crippen LogP contribution is -1.76. The third-order valence-electron chi connectivity index (χ3n) is 1.55. The molecule has 0 unspecified atom stereocenters. The molecule has 0 fully saturated rings. The second-order valence-electron chi connectivity index (χ2n) is 2.55. The molecule has 0 saturated heterocycles. The number of rotatable bonds is 5. The van der Waals surface area contributed by atoms with Crippen LogP contribution < -0.4 is 0 Å². The van der Waals surface area contributed by atoms with Gasteiger partial charge in [0.1, 0.15) is 0 Å².